The number of nitro benzene ring substituents is 2. The van der Waals surface area contributed by atoms with Crippen molar-refractivity contribution < 1.29 is 9.85 Å². The maximum absolute atomic E-state index is 10.6. The van der Waals surface area contributed by atoms with E-state index in [0.717, 1.165) is 6.07 Å². The highest BCUT2D eigenvalue weighted by molar-refractivity contribution is 5.63. The van der Waals surface area contributed by atoms with E-state index in [1.54, 1.807) is 13.0 Å². The highest BCUT2D eigenvalue weighted by atomic mass is 16.6. The predicted molar refractivity (Wildman–Crippen MR) is 54.5 cm³/mol. The zero-order valence-electron chi connectivity index (χ0n) is 7.91. The minimum atomic E-state index is -0.660. The van der Waals surface area contributed by atoms with E-state index in [2.05, 4.69) is 0 Å². The molecule has 0 unspecified atom stereocenters. The Morgan fingerprint density at radius 1 is 1.20 bits per heavy atom. The molecular weight excluding hydrogens is 200 g/mol. The number of hydrogen-bond donors (Lipinski definition) is 0. The van der Waals surface area contributed by atoms with Crippen molar-refractivity contribution in [2.45, 2.75) is 6.92 Å². The van der Waals surface area contributed by atoms with Crippen molar-refractivity contribution in [2.75, 3.05) is 0 Å². The van der Waals surface area contributed by atoms with Gasteiger partial charge >= 0.3 is 0 Å². The number of hydrogen-bond acceptors (Lipinski definition) is 4. The number of benzene rings is 1. The normalized spacial score (nSPS) is 10.5. The Balaban J connectivity index is 3.33. The summed E-state index contributed by atoms with van der Waals surface area (Å²) in [5.41, 5.74) is -0.189. The van der Waals surface area contributed by atoms with Crippen LogP contribution < -0.4 is 0 Å². The molecule has 0 aliphatic heterocycles. The second kappa shape index (κ2) is 4.32. The first-order chi connectivity index (χ1) is 7.06. The summed E-state index contributed by atoms with van der Waals surface area (Å²) in [7, 11) is 0. The summed E-state index contributed by atoms with van der Waals surface area (Å²) in [5, 5.41) is 21.0. The third-order valence-corrected chi connectivity index (χ3v) is 1.77. The Hall–Kier alpha value is -2.24. The molecule has 0 spiro atoms. The summed E-state index contributed by atoms with van der Waals surface area (Å²) >= 11 is 0. The largest absolute Gasteiger partial charge is 0.283 e. The van der Waals surface area contributed by atoms with Gasteiger partial charge in [0.15, 0.2) is 0 Å². The van der Waals surface area contributed by atoms with Crippen molar-refractivity contribution in [1.82, 2.24) is 0 Å². The Labute approximate surface area is 85.1 Å². The lowest BCUT2D eigenvalue weighted by Crippen LogP contribution is -1.94. The molecule has 0 radical (unpaired) electrons. The van der Waals surface area contributed by atoms with Crippen LogP contribution in [0.5, 0.6) is 0 Å². The first kappa shape index (κ1) is 10.8. The van der Waals surface area contributed by atoms with Crippen molar-refractivity contribution in [3.05, 3.63) is 50.1 Å². The second-order valence-electron chi connectivity index (χ2n) is 2.76. The standard InChI is InChI=1S/C9H8N2O4/c1-2-3-7-4-5-8(10(12)13)6-9(7)11(14)15/h2-6H,1H3/b3-2+. The van der Waals surface area contributed by atoms with Crippen LogP contribution in [0.15, 0.2) is 24.3 Å². The van der Waals surface area contributed by atoms with E-state index < -0.39 is 9.85 Å². The number of allylic oxidation sites excluding steroid dienone is 1. The molecule has 1 rings (SSSR count). The molecule has 0 saturated carbocycles. The molecule has 1 aromatic rings. The second-order valence-corrected chi connectivity index (χ2v) is 2.76. The van der Waals surface area contributed by atoms with Crippen molar-refractivity contribution >= 4 is 17.5 Å². The molecule has 0 aromatic heterocycles. The lowest BCUT2D eigenvalue weighted by atomic mass is 10.1. The monoisotopic (exact) mass is 208 g/mol. The molecule has 15 heavy (non-hydrogen) atoms. The molecule has 0 aliphatic rings. The van der Waals surface area contributed by atoms with Crippen LogP contribution in [0.2, 0.25) is 0 Å². The molecule has 6 heteroatoms. The van der Waals surface area contributed by atoms with Gasteiger partial charge in [-0.1, -0.05) is 12.2 Å². The van der Waals surface area contributed by atoms with E-state index in [0.29, 0.717) is 5.56 Å². The molecule has 0 heterocycles. The van der Waals surface area contributed by atoms with Crippen LogP contribution in [0.25, 0.3) is 6.08 Å². The summed E-state index contributed by atoms with van der Waals surface area (Å²) in [4.78, 5) is 19.7. The molecule has 78 valence electrons. The van der Waals surface area contributed by atoms with Gasteiger partial charge in [-0.3, -0.25) is 20.2 Å². The average Bonchev–Trinajstić information content (AvgIpc) is 2.18. The number of nitro groups is 2. The van der Waals surface area contributed by atoms with Crippen molar-refractivity contribution in [2.24, 2.45) is 0 Å². The van der Waals surface area contributed by atoms with Gasteiger partial charge in [-0.05, 0) is 13.0 Å². The zero-order chi connectivity index (χ0) is 11.4. The quantitative estimate of drug-likeness (QED) is 0.564. The topological polar surface area (TPSA) is 86.3 Å². The van der Waals surface area contributed by atoms with Crippen LogP contribution in [-0.2, 0) is 0 Å². The first-order valence-electron chi connectivity index (χ1n) is 4.11. The molecule has 0 saturated heterocycles. The Bertz CT molecular complexity index is 440. The van der Waals surface area contributed by atoms with E-state index in [4.69, 9.17) is 0 Å². The molecule has 0 N–H and O–H groups in total. The number of nitrogens with zero attached hydrogens (tertiary/aromatic N) is 2. The third-order valence-electron chi connectivity index (χ3n) is 1.77. The lowest BCUT2D eigenvalue weighted by Gasteiger charge is -1.97. The lowest BCUT2D eigenvalue weighted by molar-refractivity contribution is -0.394. The maximum atomic E-state index is 10.6. The Kier molecular flexibility index (Phi) is 3.12. The average molecular weight is 208 g/mol. The SMILES string of the molecule is C/C=C/c1ccc([N+](=O)[O-])cc1[N+](=O)[O-]. The fourth-order valence-electron chi connectivity index (χ4n) is 1.12. The van der Waals surface area contributed by atoms with Gasteiger partial charge in [0.2, 0.25) is 0 Å². The highest BCUT2D eigenvalue weighted by Gasteiger charge is 2.17. The Morgan fingerprint density at radius 3 is 2.33 bits per heavy atom. The molecular formula is C9H8N2O4. The summed E-state index contributed by atoms with van der Waals surface area (Å²) in [6, 6.07) is 3.55. The van der Waals surface area contributed by atoms with Crippen LogP contribution in [0.3, 0.4) is 0 Å². The summed E-state index contributed by atoms with van der Waals surface area (Å²) in [5.74, 6) is 0. The van der Waals surface area contributed by atoms with Crippen LogP contribution in [0.1, 0.15) is 12.5 Å². The fraction of sp³-hybridized carbons (Fsp3) is 0.111. The van der Waals surface area contributed by atoms with Gasteiger partial charge in [-0.15, -0.1) is 0 Å². The molecule has 0 bridgehead atoms. The van der Waals surface area contributed by atoms with E-state index in [1.165, 1.54) is 18.2 Å². The zero-order valence-corrected chi connectivity index (χ0v) is 7.91. The highest BCUT2D eigenvalue weighted by Crippen LogP contribution is 2.25. The maximum Gasteiger partial charge on any atom is 0.283 e. The van der Waals surface area contributed by atoms with Crippen LogP contribution >= 0.6 is 0 Å². The van der Waals surface area contributed by atoms with Crippen LogP contribution in [0, 0.1) is 20.2 Å². The van der Waals surface area contributed by atoms with Crippen LogP contribution in [-0.4, -0.2) is 9.85 Å². The molecule has 1 aromatic carbocycles. The van der Waals surface area contributed by atoms with Crippen LogP contribution in [0.4, 0.5) is 11.4 Å². The van der Waals surface area contributed by atoms with Crippen molar-refractivity contribution in [3.8, 4) is 0 Å². The fourth-order valence-corrected chi connectivity index (χ4v) is 1.12. The Morgan fingerprint density at radius 2 is 1.87 bits per heavy atom. The van der Waals surface area contributed by atoms with Gasteiger partial charge in [0, 0.05) is 6.07 Å². The first-order valence-corrected chi connectivity index (χ1v) is 4.11. The molecule has 0 fully saturated rings. The van der Waals surface area contributed by atoms with E-state index >= 15 is 0 Å². The van der Waals surface area contributed by atoms with Crippen molar-refractivity contribution in [1.29, 1.82) is 0 Å². The van der Waals surface area contributed by atoms with Gasteiger partial charge in [0.05, 0.1) is 21.5 Å². The summed E-state index contributed by atoms with van der Waals surface area (Å²) in [6.45, 7) is 1.71. The van der Waals surface area contributed by atoms with E-state index in [-0.39, 0.29) is 11.4 Å². The smallest absolute Gasteiger partial charge is 0.258 e. The number of non-ortho nitro benzene ring substituents is 1. The third kappa shape index (κ3) is 2.37. The molecule has 0 amide bonds. The van der Waals surface area contributed by atoms with Gasteiger partial charge in [-0.2, -0.15) is 0 Å². The molecule has 0 aliphatic carbocycles. The molecule has 6 nitrogen and oxygen atoms in total. The van der Waals surface area contributed by atoms with E-state index in [1.807, 2.05) is 0 Å². The number of rotatable bonds is 3. The van der Waals surface area contributed by atoms with Gasteiger partial charge in [0.25, 0.3) is 11.4 Å². The van der Waals surface area contributed by atoms with Gasteiger partial charge in [0.1, 0.15) is 0 Å². The summed E-state index contributed by atoms with van der Waals surface area (Å²) in [6.07, 6.45) is 3.16. The molecule has 0 atom stereocenters. The van der Waals surface area contributed by atoms with Gasteiger partial charge < -0.3 is 0 Å². The predicted octanol–water partition coefficient (Wildman–Crippen LogP) is 2.54. The van der Waals surface area contributed by atoms with Crippen molar-refractivity contribution in [3.63, 3.8) is 0 Å². The summed E-state index contributed by atoms with van der Waals surface area (Å²) < 4.78 is 0. The van der Waals surface area contributed by atoms with E-state index in [9.17, 15) is 20.2 Å². The van der Waals surface area contributed by atoms with Gasteiger partial charge in [-0.25, -0.2) is 0 Å². The minimum absolute atomic E-state index is 0.262. The minimum Gasteiger partial charge on any atom is -0.258 e.